The van der Waals surface area contributed by atoms with E-state index in [1.165, 1.54) is 24.5 Å². The molecular formula is C14H11FO4. The number of fused-ring (bicyclic) bond motifs is 1. The average Bonchev–Trinajstić information content (AvgIpc) is 2.96. The van der Waals surface area contributed by atoms with Crippen molar-refractivity contribution in [1.29, 1.82) is 0 Å². The van der Waals surface area contributed by atoms with Gasteiger partial charge in [-0.05, 0) is 36.1 Å². The molecule has 0 fully saturated rings. The summed E-state index contributed by atoms with van der Waals surface area (Å²) in [5.41, 5.74) is -0.878. The molecule has 0 spiro atoms. The van der Waals surface area contributed by atoms with Gasteiger partial charge in [-0.15, -0.1) is 0 Å². The zero-order chi connectivity index (χ0) is 13.6. The van der Waals surface area contributed by atoms with Gasteiger partial charge in [-0.1, -0.05) is 12.1 Å². The first kappa shape index (κ1) is 11.9. The van der Waals surface area contributed by atoms with Gasteiger partial charge in [-0.2, -0.15) is 0 Å². The van der Waals surface area contributed by atoms with Gasteiger partial charge in [0.15, 0.2) is 5.76 Å². The van der Waals surface area contributed by atoms with Gasteiger partial charge in [0.2, 0.25) is 0 Å². The minimum Gasteiger partial charge on any atom is -0.478 e. The minimum atomic E-state index is -1.57. The first-order chi connectivity index (χ1) is 9.04. The number of carboxylic acids is 1. The van der Waals surface area contributed by atoms with Crippen LogP contribution in [0.1, 0.15) is 33.7 Å². The Bertz CT molecular complexity index is 661. The zero-order valence-electron chi connectivity index (χ0n) is 9.89. The van der Waals surface area contributed by atoms with E-state index in [0.717, 1.165) is 0 Å². The second-order valence-electron chi connectivity index (χ2n) is 4.59. The fourth-order valence-corrected chi connectivity index (χ4v) is 2.67. The number of carboxylic acid groups (broad SMARTS) is 1. The molecule has 1 heterocycles. The second kappa shape index (κ2) is 3.93. The summed E-state index contributed by atoms with van der Waals surface area (Å²) in [6.45, 7) is 0. The Labute approximate surface area is 108 Å². The Kier molecular flexibility index (Phi) is 2.46. The highest BCUT2D eigenvalue weighted by molar-refractivity contribution is 5.89. The lowest BCUT2D eigenvalue weighted by atomic mass is 9.91. The number of hydrogen-bond acceptors (Lipinski definition) is 3. The summed E-state index contributed by atoms with van der Waals surface area (Å²) in [5, 5.41) is 19.8. The van der Waals surface area contributed by atoms with E-state index in [0.29, 0.717) is 17.5 Å². The molecule has 0 aliphatic heterocycles. The van der Waals surface area contributed by atoms with Gasteiger partial charge in [0, 0.05) is 0 Å². The number of carbonyl (C=O) groups is 1. The van der Waals surface area contributed by atoms with Crippen molar-refractivity contribution in [3.8, 4) is 0 Å². The smallest absolute Gasteiger partial charge is 0.339 e. The largest absolute Gasteiger partial charge is 0.478 e. The second-order valence-corrected chi connectivity index (χ2v) is 4.59. The van der Waals surface area contributed by atoms with Gasteiger partial charge in [0.25, 0.3) is 0 Å². The molecule has 5 heteroatoms. The van der Waals surface area contributed by atoms with Crippen molar-refractivity contribution in [3.63, 3.8) is 0 Å². The number of furan rings is 1. The summed E-state index contributed by atoms with van der Waals surface area (Å²) in [5.74, 6) is -1.61. The molecule has 1 aromatic carbocycles. The molecule has 2 N–H and O–H groups in total. The van der Waals surface area contributed by atoms with E-state index in [1.54, 1.807) is 6.07 Å². The highest BCUT2D eigenvalue weighted by Gasteiger charge is 2.44. The van der Waals surface area contributed by atoms with Crippen molar-refractivity contribution >= 4 is 5.97 Å². The van der Waals surface area contributed by atoms with Crippen molar-refractivity contribution in [3.05, 3.63) is 58.8 Å². The molecule has 0 saturated heterocycles. The summed E-state index contributed by atoms with van der Waals surface area (Å²) < 4.78 is 18.8. The molecule has 0 amide bonds. The van der Waals surface area contributed by atoms with Crippen LogP contribution in [0.2, 0.25) is 0 Å². The standard InChI is InChI=1S/C14H11FO4/c15-11-3-1-2-10-8(11)4-6-14(10,18)12-9(13(16)17)5-7-19-12/h1-3,5,7,18H,4,6H2,(H,16,17). The maximum absolute atomic E-state index is 13.7. The van der Waals surface area contributed by atoms with Gasteiger partial charge < -0.3 is 14.6 Å². The Morgan fingerprint density at radius 3 is 2.89 bits per heavy atom. The van der Waals surface area contributed by atoms with E-state index < -0.39 is 17.4 Å². The molecule has 4 nitrogen and oxygen atoms in total. The Morgan fingerprint density at radius 2 is 2.16 bits per heavy atom. The van der Waals surface area contributed by atoms with Crippen molar-refractivity contribution < 1.29 is 23.8 Å². The van der Waals surface area contributed by atoms with Crippen LogP contribution >= 0.6 is 0 Å². The van der Waals surface area contributed by atoms with Gasteiger partial charge >= 0.3 is 5.97 Å². The zero-order valence-corrected chi connectivity index (χ0v) is 9.89. The van der Waals surface area contributed by atoms with Crippen LogP contribution in [0.25, 0.3) is 0 Å². The van der Waals surface area contributed by atoms with Crippen molar-refractivity contribution in [2.24, 2.45) is 0 Å². The molecule has 1 atom stereocenters. The molecule has 2 aromatic rings. The lowest BCUT2D eigenvalue weighted by molar-refractivity contribution is 0.0518. The quantitative estimate of drug-likeness (QED) is 0.871. The third kappa shape index (κ3) is 1.58. The van der Waals surface area contributed by atoms with Crippen LogP contribution in [-0.2, 0) is 12.0 Å². The molecule has 0 saturated carbocycles. The first-order valence-corrected chi connectivity index (χ1v) is 5.85. The summed E-state index contributed by atoms with van der Waals surface area (Å²) in [7, 11) is 0. The van der Waals surface area contributed by atoms with Crippen LogP contribution in [0.5, 0.6) is 0 Å². The van der Waals surface area contributed by atoms with Crippen molar-refractivity contribution in [2.45, 2.75) is 18.4 Å². The molecule has 0 radical (unpaired) electrons. The van der Waals surface area contributed by atoms with Crippen LogP contribution < -0.4 is 0 Å². The third-order valence-electron chi connectivity index (χ3n) is 3.57. The molecule has 1 aromatic heterocycles. The van der Waals surface area contributed by atoms with E-state index in [1.807, 2.05) is 0 Å². The number of rotatable bonds is 2. The Balaban J connectivity index is 2.20. The van der Waals surface area contributed by atoms with E-state index in [2.05, 4.69) is 0 Å². The monoisotopic (exact) mass is 262 g/mol. The van der Waals surface area contributed by atoms with Crippen molar-refractivity contribution in [1.82, 2.24) is 0 Å². The third-order valence-corrected chi connectivity index (χ3v) is 3.57. The summed E-state index contributed by atoms with van der Waals surface area (Å²) in [4.78, 5) is 11.1. The van der Waals surface area contributed by atoms with E-state index >= 15 is 0 Å². The fraction of sp³-hybridized carbons (Fsp3) is 0.214. The van der Waals surface area contributed by atoms with E-state index in [-0.39, 0.29) is 17.7 Å². The molecule has 1 aliphatic rings. The summed E-state index contributed by atoms with van der Waals surface area (Å²) >= 11 is 0. The number of aliphatic hydroxyl groups is 1. The number of hydrogen-bond donors (Lipinski definition) is 2. The fourth-order valence-electron chi connectivity index (χ4n) is 2.67. The lowest BCUT2D eigenvalue weighted by Crippen LogP contribution is -2.25. The van der Waals surface area contributed by atoms with Gasteiger partial charge in [-0.25, -0.2) is 9.18 Å². The predicted octanol–water partition coefficient (Wildman–Crippen LogP) is 2.30. The summed E-state index contributed by atoms with van der Waals surface area (Å²) in [6.07, 6.45) is 1.77. The molecule has 1 aliphatic carbocycles. The van der Waals surface area contributed by atoms with Crippen LogP contribution in [0, 0.1) is 5.82 Å². The maximum atomic E-state index is 13.7. The van der Waals surface area contributed by atoms with Crippen LogP contribution in [0.15, 0.2) is 34.9 Å². The van der Waals surface area contributed by atoms with Crippen LogP contribution in [0.3, 0.4) is 0 Å². The van der Waals surface area contributed by atoms with Gasteiger partial charge in [-0.3, -0.25) is 0 Å². The molecule has 1 unspecified atom stereocenters. The number of aromatic carboxylic acids is 1. The van der Waals surface area contributed by atoms with Crippen LogP contribution in [-0.4, -0.2) is 16.2 Å². The first-order valence-electron chi connectivity index (χ1n) is 5.85. The number of benzene rings is 1. The normalized spacial score (nSPS) is 21.4. The molecule has 0 bridgehead atoms. The Morgan fingerprint density at radius 1 is 1.37 bits per heavy atom. The average molecular weight is 262 g/mol. The van der Waals surface area contributed by atoms with E-state index in [9.17, 15) is 14.3 Å². The van der Waals surface area contributed by atoms with Crippen LogP contribution in [0.4, 0.5) is 4.39 Å². The highest BCUT2D eigenvalue weighted by atomic mass is 19.1. The molecule has 19 heavy (non-hydrogen) atoms. The number of halogens is 1. The van der Waals surface area contributed by atoms with Crippen molar-refractivity contribution in [2.75, 3.05) is 0 Å². The Hall–Kier alpha value is -2.14. The highest BCUT2D eigenvalue weighted by Crippen LogP contribution is 2.44. The molecular weight excluding hydrogens is 251 g/mol. The minimum absolute atomic E-state index is 0.0376. The van der Waals surface area contributed by atoms with Gasteiger partial charge in [0.05, 0.1) is 6.26 Å². The lowest BCUT2D eigenvalue weighted by Gasteiger charge is -2.22. The van der Waals surface area contributed by atoms with E-state index in [4.69, 9.17) is 9.52 Å². The maximum Gasteiger partial charge on any atom is 0.339 e. The molecule has 3 rings (SSSR count). The topological polar surface area (TPSA) is 70.7 Å². The predicted molar refractivity (Wildman–Crippen MR) is 63.4 cm³/mol. The molecule has 98 valence electrons. The van der Waals surface area contributed by atoms with Gasteiger partial charge in [0.1, 0.15) is 17.0 Å². The SMILES string of the molecule is O=C(O)c1ccoc1C1(O)CCc2c(F)cccc21. The summed E-state index contributed by atoms with van der Waals surface area (Å²) in [6, 6.07) is 5.70.